The summed E-state index contributed by atoms with van der Waals surface area (Å²) in [5.74, 6) is 0.730. The fourth-order valence-corrected chi connectivity index (χ4v) is 4.38. The van der Waals surface area contributed by atoms with Gasteiger partial charge < -0.3 is 10.2 Å². The van der Waals surface area contributed by atoms with Gasteiger partial charge in [0.15, 0.2) is 0 Å². The second-order valence-electron chi connectivity index (χ2n) is 9.87. The highest BCUT2D eigenvalue weighted by atomic mass is 16.3. The van der Waals surface area contributed by atoms with E-state index in [2.05, 4.69) is 61.9 Å². The molecule has 0 amide bonds. The minimum atomic E-state index is 0.365. The molecule has 0 aliphatic rings. The highest BCUT2D eigenvalue weighted by Gasteiger charge is 2.10. The lowest BCUT2D eigenvalue weighted by atomic mass is 9.97. The Morgan fingerprint density at radius 3 is 1.28 bits per heavy atom. The molecule has 0 heterocycles. The van der Waals surface area contributed by atoms with Gasteiger partial charge in [-0.3, -0.25) is 9.98 Å². The lowest BCUT2D eigenvalue weighted by molar-refractivity contribution is 0.465. The number of aliphatic imine (C=N–C) groups is 2. The van der Waals surface area contributed by atoms with Gasteiger partial charge in [0.2, 0.25) is 0 Å². The number of rotatable bonds is 17. The van der Waals surface area contributed by atoms with Gasteiger partial charge in [-0.1, -0.05) is 65.5 Å². The first kappa shape index (κ1) is 29.6. The Kier molecular flexibility index (Phi) is 13.9. The Hall–Kier alpha value is -2.62. The van der Waals surface area contributed by atoms with Gasteiger partial charge in [-0.15, -0.1) is 0 Å². The molecule has 0 saturated carbocycles. The number of hydrogen-bond donors (Lipinski definition) is 2. The molecule has 0 saturated heterocycles. The quantitative estimate of drug-likeness (QED) is 0.173. The maximum atomic E-state index is 10.8. The van der Waals surface area contributed by atoms with Crippen LogP contribution in [0.4, 0.5) is 0 Å². The molecule has 4 nitrogen and oxygen atoms in total. The molecule has 0 aliphatic heterocycles. The van der Waals surface area contributed by atoms with Gasteiger partial charge in [0.1, 0.15) is 11.5 Å². The summed E-state index contributed by atoms with van der Waals surface area (Å²) < 4.78 is 0. The smallest absolute Gasteiger partial charge is 0.127 e. The Morgan fingerprint density at radius 1 is 0.556 bits per heavy atom. The van der Waals surface area contributed by atoms with Crippen molar-refractivity contribution in [3.63, 3.8) is 0 Å². The van der Waals surface area contributed by atoms with Gasteiger partial charge in [-0.2, -0.15) is 0 Å². The minimum absolute atomic E-state index is 0.365. The van der Waals surface area contributed by atoms with Crippen molar-refractivity contribution in [2.24, 2.45) is 9.98 Å². The van der Waals surface area contributed by atoms with Gasteiger partial charge >= 0.3 is 0 Å². The molecule has 0 radical (unpaired) electrons. The van der Waals surface area contributed by atoms with E-state index in [4.69, 9.17) is 0 Å². The van der Waals surface area contributed by atoms with E-state index in [-0.39, 0.29) is 0 Å². The molecule has 0 atom stereocenters. The maximum absolute atomic E-state index is 10.8. The van der Waals surface area contributed by atoms with Gasteiger partial charge in [-0.25, -0.2) is 0 Å². The van der Waals surface area contributed by atoms with Crippen LogP contribution >= 0.6 is 0 Å². The summed E-state index contributed by atoms with van der Waals surface area (Å²) in [5, 5.41) is 21.5. The van der Waals surface area contributed by atoms with Crippen LogP contribution in [0.3, 0.4) is 0 Å². The van der Waals surface area contributed by atoms with Crippen LogP contribution in [0.1, 0.15) is 112 Å². The summed E-state index contributed by atoms with van der Waals surface area (Å²) in [7, 11) is 0. The van der Waals surface area contributed by atoms with E-state index in [1.165, 1.54) is 11.1 Å². The summed E-state index contributed by atoms with van der Waals surface area (Å²) in [6, 6.07) is 8.48. The Morgan fingerprint density at radius 2 is 0.917 bits per heavy atom. The topological polar surface area (TPSA) is 65.2 Å². The monoisotopic (exact) mass is 492 g/mol. The van der Waals surface area contributed by atoms with E-state index in [1.54, 1.807) is 12.4 Å². The molecule has 4 heteroatoms. The van der Waals surface area contributed by atoms with E-state index in [1.807, 2.05) is 0 Å². The first-order chi connectivity index (χ1) is 17.5. The van der Waals surface area contributed by atoms with Crippen molar-refractivity contribution in [1.29, 1.82) is 0 Å². The molecule has 0 spiro atoms. The van der Waals surface area contributed by atoms with E-state index in [0.29, 0.717) is 24.6 Å². The molecule has 2 rings (SSSR count). The van der Waals surface area contributed by atoms with Crippen molar-refractivity contribution in [2.45, 2.75) is 105 Å². The largest absolute Gasteiger partial charge is 0.507 e. The second-order valence-corrected chi connectivity index (χ2v) is 9.87. The molecule has 0 fully saturated rings. The van der Waals surface area contributed by atoms with E-state index in [9.17, 15) is 10.2 Å². The number of phenolic OH excluding ortho intramolecular Hbond substituents is 2. The zero-order valence-corrected chi connectivity index (χ0v) is 23.2. The second kappa shape index (κ2) is 16.9. The lowest BCUT2D eigenvalue weighted by Gasteiger charge is -2.11. The third-order valence-electron chi connectivity index (χ3n) is 6.61. The molecule has 2 aromatic rings. The normalized spacial score (nSPS) is 11.8. The number of aryl methyl sites for hydroxylation is 4. The van der Waals surface area contributed by atoms with Crippen molar-refractivity contribution in [1.82, 2.24) is 0 Å². The molecule has 36 heavy (non-hydrogen) atoms. The average molecular weight is 493 g/mol. The number of aromatic hydroxyl groups is 2. The Bertz CT molecular complexity index is 899. The highest BCUT2D eigenvalue weighted by molar-refractivity contribution is 5.85. The maximum Gasteiger partial charge on any atom is 0.127 e. The number of hydrogen-bond acceptors (Lipinski definition) is 4. The van der Waals surface area contributed by atoms with Gasteiger partial charge in [-0.05, 0) is 85.8 Å². The fraction of sp³-hybridized carbons (Fsp3) is 0.562. The molecule has 0 unspecified atom stereocenters. The number of benzene rings is 2. The van der Waals surface area contributed by atoms with Crippen LogP contribution in [-0.4, -0.2) is 35.7 Å². The Balaban J connectivity index is 2.08. The predicted molar refractivity (Wildman–Crippen MR) is 156 cm³/mol. The molecule has 2 N–H and O–H groups in total. The van der Waals surface area contributed by atoms with Crippen molar-refractivity contribution in [3.8, 4) is 11.5 Å². The van der Waals surface area contributed by atoms with Crippen LogP contribution in [0.2, 0.25) is 0 Å². The van der Waals surface area contributed by atoms with E-state index < -0.39 is 0 Å². The number of phenols is 2. The van der Waals surface area contributed by atoms with Crippen LogP contribution in [0.15, 0.2) is 34.3 Å². The van der Waals surface area contributed by atoms with Crippen LogP contribution in [0, 0.1) is 0 Å². The molecule has 2 aromatic carbocycles. The van der Waals surface area contributed by atoms with Gasteiger partial charge in [0.05, 0.1) is 13.1 Å². The summed E-state index contributed by atoms with van der Waals surface area (Å²) in [6.45, 7) is 9.84. The summed E-state index contributed by atoms with van der Waals surface area (Å²) in [5.41, 5.74) is 6.22. The molecule has 198 valence electrons. The fourth-order valence-electron chi connectivity index (χ4n) is 4.38. The third kappa shape index (κ3) is 9.79. The van der Waals surface area contributed by atoms with Crippen molar-refractivity contribution in [2.75, 3.05) is 13.1 Å². The predicted octanol–water partition coefficient (Wildman–Crippen LogP) is 8.01. The molecular weight excluding hydrogens is 444 g/mol. The SMILES string of the molecule is CCCCc1cc(C=NCCN=Cc2cc(CCCC)cc(CCCC)c2O)c(O)c(CCCC)c1. The Labute approximate surface area is 219 Å². The van der Waals surface area contributed by atoms with Crippen molar-refractivity contribution in [3.05, 3.63) is 57.6 Å². The lowest BCUT2D eigenvalue weighted by Crippen LogP contribution is -1.98. The first-order valence-electron chi connectivity index (χ1n) is 14.2. The molecule has 0 bridgehead atoms. The minimum Gasteiger partial charge on any atom is -0.507 e. The number of nitrogens with zero attached hydrogens (tertiary/aromatic N) is 2. The average Bonchev–Trinajstić information content (AvgIpc) is 2.88. The van der Waals surface area contributed by atoms with Crippen LogP contribution < -0.4 is 0 Å². The van der Waals surface area contributed by atoms with Crippen molar-refractivity contribution >= 4 is 12.4 Å². The van der Waals surface area contributed by atoms with Crippen LogP contribution in [0.25, 0.3) is 0 Å². The van der Waals surface area contributed by atoms with Crippen LogP contribution in [-0.2, 0) is 25.7 Å². The highest BCUT2D eigenvalue weighted by Crippen LogP contribution is 2.27. The summed E-state index contributed by atoms with van der Waals surface area (Å²) in [4.78, 5) is 9.11. The van der Waals surface area contributed by atoms with E-state index in [0.717, 1.165) is 99.3 Å². The third-order valence-corrected chi connectivity index (χ3v) is 6.61. The standard InChI is InChI=1S/C32H48N2O2/c1-5-9-13-25-19-27(15-11-7-3)31(35)29(21-25)23-33-17-18-34-24-30-22-26(14-10-6-2)20-28(32(30)36)16-12-8-4/h19-24,35-36H,5-18H2,1-4H3. The van der Waals surface area contributed by atoms with Crippen molar-refractivity contribution < 1.29 is 10.2 Å². The summed E-state index contributed by atoms with van der Waals surface area (Å²) in [6.07, 6.45) is 16.4. The zero-order chi connectivity index (χ0) is 26.2. The van der Waals surface area contributed by atoms with E-state index >= 15 is 0 Å². The first-order valence-corrected chi connectivity index (χ1v) is 14.2. The molecule has 0 aliphatic carbocycles. The number of unbranched alkanes of at least 4 members (excludes halogenated alkanes) is 4. The van der Waals surface area contributed by atoms with Gasteiger partial charge in [0.25, 0.3) is 0 Å². The van der Waals surface area contributed by atoms with Crippen LogP contribution in [0.5, 0.6) is 11.5 Å². The van der Waals surface area contributed by atoms with Gasteiger partial charge in [0, 0.05) is 23.6 Å². The summed E-state index contributed by atoms with van der Waals surface area (Å²) >= 11 is 0. The molecular formula is C32H48N2O2. The molecule has 0 aromatic heterocycles. The zero-order valence-electron chi connectivity index (χ0n) is 23.2.